The monoisotopic (exact) mass is 176 g/mol. The van der Waals surface area contributed by atoms with Crippen LogP contribution in [0.4, 0.5) is 0 Å². The van der Waals surface area contributed by atoms with Gasteiger partial charge in [-0.3, -0.25) is 10.2 Å². The molecule has 0 saturated heterocycles. The second-order valence-electron chi connectivity index (χ2n) is 2.79. The first kappa shape index (κ1) is 10.8. The molecule has 0 aromatic heterocycles. The molecule has 3 N–H and O–H groups in total. The van der Waals surface area contributed by atoms with E-state index in [9.17, 15) is 4.79 Å². The van der Waals surface area contributed by atoms with Crippen molar-refractivity contribution < 1.29 is 4.79 Å². The Bertz CT molecular complexity index is 128. The minimum absolute atomic E-state index is 0.00685. The van der Waals surface area contributed by atoms with Crippen LogP contribution in [-0.4, -0.2) is 16.9 Å². The van der Waals surface area contributed by atoms with Crippen LogP contribution < -0.4 is 11.3 Å². The Balaban J connectivity index is 3.52. The van der Waals surface area contributed by atoms with Crippen molar-refractivity contribution in [1.29, 1.82) is 0 Å². The van der Waals surface area contributed by atoms with E-state index >= 15 is 0 Å². The standard InChI is InChI=1S/C7H16N2OS/c1-5(2)11-4-6(3)7(10)9-8/h5-6H,4,8H2,1-3H3,(H,9,10). The number of rotatable bonds is 4. The van der Waals surface area contributed by atoms with Gasteiger partial charge in [0.25, 0.3) is 0 Å². The van der Waals surface area contributed by atoms with Crippen LogP contribution in [-0.2, 0) is 4.79 Å². The maximum Gasteiger partial charge on any atom is 0.237 e. The molecule has 0 aliphatic heterocycles. The molecule has 0 aliphatic rings. The van der Waals surface area contributed by atoms with Gasteiger partial charge in [-0.05, 0) is 5.25 Å². The molecule has 11 heavy (non-hydrogen) atoms. The molecule has 0 fully saturated rings. The van der Waals surface area contributed by atoms with Crippen molar-refractivity contribution >= 4 is 17.7 Å². The summed E-state index contributed by atoms with van der Waals surface area (Å²) in [5.41, 5.74) is 2.14. The summed E-state index contributed by atoms with van der Waals surface area (Å²) in [4.78, 5) is 10.9. The molecule has 0 bridgehead atoms. The Morgan fingerprint density at radius 1 is 1.55 bits per heavy atom. The van der Waals surface area contributed by atoms with E-state index in [1.165, 1.54) is 0 Å². The number of carbonyl (C=O) groups excluding carboxylic acids is 1. The number of hydrogen-bond acceptors (Lipinski definition) is 3. The minimum atomic E-state index is -0.0850. The highest BCUT2D eigenvalue weighted by molar-refractivity contribution is 7.99. The number of amides is 1. The van der Waals surface area contributed by atoms with Crippen LogP contribution in [0.1, 0.15) is 20.8 Å². The van der Waals surface area contributed by atoms with E-state index in [0.717, 1.165) is 5.75 Å². The van der Waals surface area contributed by atoms with Crippen LogP contribution in [0.5, 0.6) is 0 Å². The van der Waals surface area contributed by atoms with Crippen molar-refractivity contribution in [3.63, 3.8) is 0 Å². The zero-order chi connectivity index (χ0) is 8.85. The van der Waals surface area contributed by atoms with E-state index in [4.69, 9.17) is 5.84 Å². The minimum Gasteiger partial charge on any atom is -0.294 e. The van der Waals surface area contributed by atoms with Crippen molar-refractivity contribution in [3.05, 3.63) is 0 Å². The quantitative estimate of drug-likeness (QED) is 0.377. The molecule has 4 heteroatoms. The van der Waals surface area contributed by atoms with Crippen LogP contribution in [0.3, 0.4) is 0 Å². The maximum absolute atomic E-state index is 10.9. The first-order valence-electron chi connectivity index (χ1n) is 3.70. The van der Waals surface area contributed by atoms with Crippen molar-refractivity contribution in [2.75, 3.05) is 5.75 Å². The summed E-state index contributed by atoms with van der Waals surface area (Å²) in [5.74, 6) is 5.73. The van der Waals surface area contributed by atoms with Gasteiger partial charge in [-0.2, -0.15) is 11.8 Å². The molecule has 0 radical (unpaired) electrons. The molecule has 0 aromatic rings. The van der Waals surface area contributed by atoms with E-state index in [0.29, 0.717) is 5.25 Å². The molecule has 0 saturated carbocycles. The molecular formula is C7H16N2OS. The van der Waals surface area contributed by atoms with Crippen molar-refractivity contribution in [2.45, 2.75) is 26.0 Å². The van der Waals surface area contributed by atoms with Gasteiger partial charge in [0, 0.05) is 11.7 Å². The highest BCUT2D eigenvalue weighted by Crippen LogP contribution is 2.13. The van der Waals surface area contributed by atoms with E-state index in [1.54, 1.807) is 11.8 Å². The van der Waals surface area contributed by atoms with E-state index in [-0.39, 0.29) is 11.8 Å². The summed E-state index contributed by atoms with van der Waals surface area (Å²) in [6.45, 7) is 6.09. The molecule has 0 rings (SSSR count). The van der Waals surface area contributed by atoms with Crippen LogP contribution in [0.25, 0.3) is 0 Å². The molecule has 0 aliphatic carbocycles. The Morgan fingerprint density at radius 2 is 2.09 bits per heavy atom. The SMILES string of the molecule is CC(C)SCC(C)C(=O)NN. The lowest BCUT2D eigenvalue weighted by molar-refractivity contribution is -0.123. The predicted molar refractivity (Wildman–Crippen MR) is 49.1 cm³/mol. The molecule has 1 unspecified atom stereocenters. The molecule has 0 heterocycles. The highest BCUT2D eigenvalue weighted by Gasteiger charge is 2.11. The lowest BCUT2D eigenvalue weighted by atomic mass is 10.2. The fourth-order valence-electron chi connectivity index (χ4n) is 0.555. The largest absolute Gasteiger partial charge is 0.294 e. The van der Waals surface area contributed by atoms with Crippen LogP contribution >= 0.6 is 11.8 Å². The van der Waals surface area contributed by atoms with E-state index in [2.05, 4.69) is 19.3 Å². The lowest BCUT2D eigenvalue weighted by Crippen LogP contribution is -2.35. The van der Waals surface area contributed by atoms with Crippen molar-refractivity contribution in [2.24, 2.45) is 11.8 Å². The first-order valence-corrected chi connectivity index (χ1v) is 4.74. The third kappa shape index (κ3) is 5.09. The fourth-order valence-corrected chi connectivity index (χ4v) is 1.38. The predicted octanol–water partition coefficient (Wildman–Crippen LogP) is 0.754. The smallest absolute Gasteiger partial charge is 0.237 e. The van der Waals surface area contributed by atoms with E-state index in [1.807, 2.05) is 6.92 Å². The van der Waals surface area contributed by atoms with Gasteiger partial charge >= 0.3 is 0 Å². The van der Waals surface area contributed by atoms with Crippen molar-refractivity contribution in [3.8, 4) is 0 Å². The average Bonchev–Trinajstić information content (AvgIpc) is 1.98. The second-order valence-corrected chi connectivity index (χ2v) is 4.40. The van der Waals surface area contributed by atoms with Gasteiger partial charge in [-0.25, -0.2) is 5.84 Å². The molecular weight excluding hydrogens is 160 g/mol. The normalized spacial score (nSPS) is 13.2. The number of hydrazine groups is 1. The summed E-state index contributed by atoms with van der Waals surface area (Å²) in [7, 11) is 0. The second kappa shape index (κ2) is 5.43. The third-order valence-corrected chi connectivity index (χ3v) is 2.63. The molecule has 1 amide bonds. The van der Waals surface area contributed by atoms with Gasteiger partial charge in [0.05, 0.1) is 0 Å². The van der Waals surface area contributed by atoms with Gasteiger partial charge in [0.15, 0.2) is 0 Å². The molecule has 0 aromatic carbocycles. The number of thioether (sulfide) groups is 1. The Hall–Kier alpha value is -0.220. The van der Waals surface area contributed by atoms with Gasteiger partial charge in [-0.15, -0.1) is 0 Å². The van der Waals surface area contributed by atoms with Gasteiger partial charge in [-0.1, -0.05) is 20.8 Å². The Kier molecular flexibility index (Phi) is 5.32. The van der Waals surface area contributed by atoms with Gasteiger partial charge < -0.3 is 0 Å². The number of carbonyl (C=O) groups is 1. The van der Waals surface area contributed by atoms with Crippen LogP contribution in [0, 0.1) is 5.92 Å². The average molecular weight is 176 g/mol. The van der Waals surface area contributed by atoms with E-state index < -0.39 is 0 Å². The molecule has 1 atom stereocenters. The van der Waals surface area contributed by atoms with Crippen LogP contribution in [0.15, 0.2) is 0 Å². The number of nitrogens with two attached hydrogens (primary N) is 1. The molecule has 66 valence electrons. The highest BCUT2D eigenvalue weighted by atomic mass is 32.2. The van der Waals surface area contributed by atoms with Crippen molar-refractivity contribution in [1.82, 2.24) is 5.43 Å². The summed E-state index contributed by atoms with van der Waals surface area (Å²) < 4.78 is 0. The third-order valence-electron chi connectivity index (χ3n) is 1.27. The Morgan fingerprint density at radius 3 is 2.45 bits per heavy atom. The summed E-state index contributed by atoms with van der Waals surface area (Å²) in [5, 5.41) is 0.572. The molecule has 3 nitrogen and oxygen atoms in total. The summed E-state index contributed by atoms with van der Waals surface area (Å²) >= 11 is 1.77. The number of hydrogen-bond donors (Lipinski definition) is 2. The zero-order valence-electron chi connectivity index (χ0n) is 7.26. The lowest BCUT2D eigenvalue weighted by Gasteiger charge is -2.10. The first-order chi connectivity index (χ1) is 5.07. The zero-order valence-corrected chi connectivity index (χ0v) is 8.07. The van der Waals surface area contributed by atoms with Crippen LogP contribution in [0.2, 0.25) is 0 Å². The summed E-state index contributed by atoms with van der Waals surface area (Å²) in [6.07, 6.45) is 0. The molecule has 0 spiro atoms. The number of nitrogens with one attached hydrogen (secondary N) is 1. The van der Waals surface area contributed by atoms with Gasteiger partial charge in [0.2, 0.25) is 5.91 Å². The van der Waals surface area contributed by atoms with Gasteiger partial charge in [0.1, 0.15) is 0 Å². The summed E-state index contributed by atoms with van der Waals surface area (Å²) in [6, 6.07) is 0. The fraction of sp³-hybridized carbons (Fsp3) is 0.857. The maximum atomic E-state index is 10.9. The topological polar surface area (TPSA) is 55.1 Å². The Labute approximate surface area is 72.1 Å².